The largest absolute Gasteiger partial charge is 0.415 e. The maximum absolute atomic E-state index is 6.00. The van der Waals surface area contributed by atoms with Crippen LogP contribution in [-0.2, 0) is 0 Å². The van der Waals surface area contributed by atoms with Gasteiger partial charge < -0.3 is 4.42 Å². The van der Waals surface area contributed by atoms with Crippen LogP contribution in [0, 0.1) is 0 Å². The van der Waals surface area contributed by atoms with Crippen molar-refractivity contribution in [2.45, 2.75) is 0 Å². The average molecular weight is 264 g/mol. The van der Waals surface area contributed by atoms with Crippen molar-refractivity contribution in [1.82, 2.24) is 15.2 Å². The summed E-state index contributed by atoms with van der Waals surface area (Å²) in [5, 5.41) is 10.5. The summed E-state index contributed by atoms with van der Waals surface area (Å²) in [6, 6.07) is 5.48. The van der Waals surface area contributed by atoms with Gasteiger partial charge in [-0.05, 0) is 23.6 Å². The van der Waals surface area contributed by atoms with Gasteiger partial charge >= 0.3 is 0 Å². The first-order valence-corrected chi connectivity index (χ1v) is 6.07. The maximum Gasteiger partial charge on any atom is 0.259 e. The second-order valence-corrected chi connectivity index (χ2v) is 4.58. The number of nitrogens with zero attached hydrogens (tertiary/aromatic N) is 3. The summed E-state index contributed by atoms with van der Waals surface area (Å²) in [6.07, 6.45) is 3.37. The SMILES string of the molecule is Clc1ccsc1-c1nnc(-c2cccnc2)o1. The summed E-state index contributed by atoms with van der Waals surface area (Å²) in [6.45, 7) is 0. The predicted molar refractivity (Wildman–Crippen MR) is 65.9 cm³/mol. The van der Waals surface area contributed by atoms with Crippen LogP contribution in [0.1, 0.15) is 0 Å². The highest BCUT2D eigenvalue weighted by Crippen LogP contribution is 2.33. The minimum absolute atomic E-state index is 0.434. The zero-order valence-corrected chi connectivity index (χ0v) is 10.1. The van der Waals surface area contributed by atoms with E-state index in [2.05, 4.69) is 15.2 Å². The van der Waals surface area contributed by atoms with E-state index in [4.69, 9.17) is 16.0 Å². The molecule has 3 aromatic rings. The van der Waals surface area contributed by atoms with Crippen molar-refractivity contribution in [2.75, 3.05) is 0 Å². The summed E-state index contributed by atoms with van der Waals surface area (Å²) >= 11 is 7.47. The fraction of sp³-hybridized carbons (Fsp3) is 0. The second kappa shape index (κ2) is 4.27. The quantitative estimate of drug-likeness (QED) is 0.710. The molecule has 0 N–H and O–H groups in total. The van der Waals surface area contributed by atoms with Crippen LogP contribution < -0.4 is 0 Å². The van der Waals surface area contributed by atoms with Crippen molar-refractivity contribution >= 4 is 22.9 Å². The van der Waals surface area contributed by atoms with Crippen molar-refractivity contribution in [3.05, 3.63) is 41.0 Å². The van der Waals surface area contributed by atoms with E-state index in [0.29, 0.717) is 16.8 Å². The summed E-state index contributed by atoms with van der Waals surface area (Å²) in [4.78, 5) is 4.79. The Labute approximate surface area is 106 Å². The average Bonchev–Trinajstić information content (AvgIpc) is 2.98. The monoisotopic (exact) mass is 263 g/mol. The lowest BCUT2D eigenvalue weighted by atomic mass is 10.3. The van der Waals surface area contributed by atoms with Gasteiger partial charge in [-0.2, -0.15) is 0 Å². The molecule has 0 aromatic carbocycles. The van der Waals surface area contributed by atoms with E-state index in [1.54, 1.807) is 18.5 Å². The molecule has 3 aromatic heterocycles. The van der Waals surface area contributed by atoms with Crippen molar-refractivity contribution in [1.29, 1.82) is 0 Å². The molecule has 0 amide bonds. The molecule has 0 aliphatic rings. The van der Waals surface area contributed by atoms with Crippen LogP contribution in [0.15, 0.2) is 40.4 Å². The van der Waals surface area contributed by atoms with E-state index in [-0.39, 0.29) is 0 Å². The fourth-order valence-electron chi connectivity index (χ4n) is 1.37. The highest BCUT2D eigenvalue weighted by atomic mass is 35.5. The van der Waals surface area contributed by atoms with E-state index in [0.717, 1.165) is 10.4 Å². The Kier molecular flexibility index (Phi) is 2.62. The molecule has 0 bridgehead atoms. The van der Waals surface area contributed by atoms with E-state index in [1.807, 2.05) is 17.5 Å². The lowest BCUT2D eigenvalue weighted by Crippen LogP contribution is -1.78. The number of pyridine rings is 1. The van der Waals surface area contributed by atoms with Crippen LogP contribution in [0.4, 0.5) is 0 Å². The van der Waals surface area contributed by atoms with Gasteiger partial charge in [0.25, 0.3) is 5.89 Å². The summed E-state index contributed by atoms with van der Waals surface area (Å²) in [7, 11) is 0. The molecular formula is C11H6ClN3OS. The standard InChI is InChI=1S/C11H6ClN3OS/c12-8-3-5-17-9(8)11-15-14-10(16-11)7-2-1-4-13-6-7/h1-6H. The van der Waals surface area contributed by atoms with Crippen molar-refractivity contribution < 1.29 is 4.42 Å². The molecule has 0 unspecified atom stereocenters. The van der Waals surface area contributed by atoms with Crippen LogP contribution in [0.5, 0.6) is 0 Å². The van der Waals surface area contributed by atoms with E-state index in [9.17, 15) is 0 Å². The third kappa shape index (κ3) is 1.94. The van der Waals surface area contributed by atoms with Crippen LogP contribution >= 0.6 is 22.9 Å². The Morgan fingerprint density at radius 3 is 2.76 bits per heavy atom. The van der Waals surface area contributed by atoms with Gasteiger partial charge in [0, 0.05) is 12.4 Å². The zero-order valence-electron chi connectivity index (χ0n) is 8.50. The first-order valence-electron chi connectivity index (χ1n) is 4.82. The Morgan fingerprint density at radius 2 is 2.06 bits per heavy atom. The van der Waals surface area contributed by atoms with Gasteiger partial charge in [-0.15, -0.1) is 21.5 Å². The number of hydrogen-bond acceptors (Lipinski definition) is 5. The molecule has 17 heavy (non-hydrogen) atoms. The molecular weight excluding hydrogens is 258 g/mol. The lowest BCUT2D eigenvalue weighted by molar-refractivity contribution is 0.586. The predicted octanol–water partition coefficient (Wildman–Crippen LogP) is 3.51. The molecule has 0 radical (unpaired) electrons. The smallest absolute Gasteiger partial charge is 0.259 e. The summed E-state index contributed by atoms with van der Waals surface area (Å²) in [5.41, 5.74) is 0.791. The Bertz CT molecular complexity index is 635. The van der Waals surface area contributed by atoms with Gasteiger partial charge in [0.2, 0.25) is 5.89 Å². The van der Waals surface area contributed by atoms with Crippen LogP contribution in [0.2, 0.25) is 5.02 Å². The van der Waals surface area contributed by atoms with Crippen molar-refractivity contribution in [2.24, 2.45) is 0 Å². The lowest BCUT2D eigenvalue weighted by Gasteiger charge is -1.91. The first kappa shape index (κ1) is 10.4. The molecule has 0 saturated carbocycles. The van der Waals surface area contributed by atoms with Gasteiger partial charge in [-0.3, -0.25) is 4.98 Å². The van der Waals surface area contributed by atoms with Gasteiger partial charge in [-0.25, -0.2) is 0 Å². The Hall–Kier alpha value is -1.72. The van der Waals surface area contributed by atoms with Gasteiger partial charge in [0.15, 0.2) is 0 Å². The van der Waals surface area contributed by atoms with Crippen molar-refractivity contribution in [3.8, 4) is 22.2 Å². The molecule has 0 atom stereocenters. The van der Waals surface area contributed by atoms with E-state index in [1.165, 1.54) is 11.3 Å². The zero-order chi connectivity index (χ0) is 11.7. The second-order valence-electron chi connectivity index (χ2n) is 3.25. The number of rotatable bonds is 2. The topological polar surface area (TPSA) is 51.8 Å². The number of hydrogen-bond donors (Lipinski definition) is 0. The van der Waals surface area contributed by atoms with Crippen LogP contribution in [0.25, 0.3) is 22.2 Å². The summed E-state index contributed by atoms with van der Waals surface area (Å²) in [5.74, 6) is 0.876. The maximum atomic E-state index is 6.00. The highest BCUT2D eigenvalue weighted by Gasteiger charge is 2.14. The Balaban J connectivity index is 2.02. The Morgan fingerprint density at radius 1 is 1.18 bits per heavy atom. The molecule has 0 spiro atoms. The molecule has 3 rings (SSSR count). The number of halogens is 1. The normalized spacial score (nSPS) is 10.6. The molecule has 3 heterocycles. The molecule has 4 nitrogen and oxygen atoms in total. The number of aromatic nitrogens is 3. The third-order valence-electron chi connectivity index (χ3n) is 2.14. The minimum Gasteiger partial charge on any atom is -0.415 e. The molecule has 84 valence electrons. The van der Waals surface area contributed by atoms with Gasteiger partial charge in [0.1, 0.15) is 4.88 Å². The summed E-state index contributed by atoms with van der Waals surface area (Å²) < 4.78 is 5.56. The van der Waals surface area contributed by atoms with Crippen LogP contribution in [0.3, 0.4) is 0 Å². The fourth-order valence-corrected chi connectivity index (χ4v) is 2.42. The van der Waals surface area contributed by atoms with E-state index >= 15 is 0 Å². The van der Waals surface area contributed by atoms with Crippen LogP contribution in [-0.4, -0.2) is 15.2 Å². The van der Waals surface area contributed by atoms with E-state index < -0.39 is 0 Å². The molecule has 0 aliphatic carbocycles. The third-order valence-corrected chi connectivity index (χ3v) is 3.47. The molecule has 0 saturated heterocycles. The molecule has 6 heteroatoms. The van der Waals surface area contributed by atoms with Crippen molar-refractivity contribution in [3.63, 3.8) is 0 Å². The molecule has 0 aliphatic heterocycles. The first-order chi connectivity index (χ1) is 8.34. The molecule has 0 fully saturated rings. The van der Waals surface area contributed by atoms with Gasteiger partial charge in [0.05, 0.1) is 10.6 Å². The highest BCUT2D eigenvalue weighted by molar-refractivity contribution is 7.14. The van der Waals surface area contributed by atoms with Gasteiger partial charge in [-0.1, -0.05) is 11.6 Å². The number of thiophene rings is 1. The minimum atomic E-state index is 0.434.